The van der Waals surface area contributed by atoms with E-state index in [1.807, 2.05) is 0 Å². The molecular weight excluding hydrogens is 244 g/mol. The van der Waals surface area contributed by atoms with Gasteiger partial charge in [-0.1, -0.05) is 0 Å². The Balaban J connectivity index is 1.88. The van der Waals surface area contributed by atoms with E-state index in [4.69, 9.17) is 11.7 Å². The van der Waals surface area contributed by atoms with Crippen molar-refractivity contribution in [2.45, 2.75) is 44.9 Å². The van der Waals surface area contributed by atoms with Gasteiger partial charge in [0.15, 0.2) is 0 Å². The lowest BCUT2D eigenvalue weighted by atomic mass is 9.43. The number of hydrogen-bond donors (Lipinski definition) is 4. The zero-order valence-corrected chi connectivity index (χ0v) is 11.1. The van der Waals surface area contributed by atoms with Gasteiger partial charge in [0.25, 0.3) is 0 Å². The van der Waals surface area contributed by atoms with E-state index in [9.17, 15) is 9.59 Å². The van der Waals surface area contributed by atoms with Crippen LogP contribution in [0.4, 0.5) is 0 Å². The molecule has 106 valence electrons. The number of nitrogens with one attached hydrogen (secondary N) is 2. The number of carbonyl (C=O) groups is 2. The van der Waals surface area contributed by atoms with Crippen LogP contribution in [0, 0.1) is 22.7 Å². The van der Waals surface area contributed by atoms with Gasteiger partial charge < -0.3 is 0 Å². The molecule has 0 aromatic rings. The molecule has 4 bridgehead atoms. The average molecular weight is 266 g/mol. The summed E-state index contributed by atoms with van der Waals surface area (Å²) < 4.78 is 0. The zero-order valence-electron chi connectivity index (χ0n) is 11.1. The molecule has 4 saturated carbocycles. The van der Waals surface area contributed by atoms with Crippen LogP contribution in [0.1, 0.15) is 44.9 Å². The minimum atomic E-state index is -0.340. The van der Waals surface area contributed by atoms with Crippen molar-refractivity contribution in [1.29, 1.82) is 0 Å². The third kappa shape index (κ3) is 1.94. The van der Waals surface area contributed by atoms with E-state index < -0.39 is 0 Å². The molecule has 4 rings (SSSR count). The van der Waals surface area contributed by atoms with Crippen LogP contribution in [0.25, 0.3) is 0 Å². The number of amides is 2. The lowest BCUT2D eigenvalue weighted by Gasteiger charge is -2.61. The highest BCUT2D eigenvalue weighted by Gasteiger charge is 2.60. The van der Waals surface area contributed by atoms with Crippen molar-refractivity contribution in [3.63, 3.8) is 0 Å². The van der Waals surface area contributed by atoms with E-state index >= 15 is 0 Å². The molecule has 4 aliphatic carbocycles. The smallest absolute Gasteiger partial charge is 0.240 e. The molecule has 2 amide bonds. The molecular formula is C13H22N4O2. The fraction of sp³-hybridized carbons (Fsp3) is 0.846. The fourth-order valence-corrected chi connectivity index (χ4v) is 5.47. The van der Waals surface area contributed by atoms with Gasteiger partial charge in [-0.15, -0.1) is 0 Å². The van der Waals surface area contributed by atoms with Gasteiger partial charge in [-0.3, -0.25) is 20.4 Å². The van der Waals surface area contributed by atoms with Gasteiger partial charge in [-0.05, 0) is 55.8 Å². The van der Waals surface area contributed by atoms with Gasteiger partial charge in [-0.2, -0.15) is 0 Å². The van der Waals surface area contributed by atoms with Gasteiger partial charge in [-0.25, -0.2) is 11.7 Å². The number of rotatable bonds is 3. The van der Waals surface area contributed by atoms with Crippen molar-refractivity contribution in [1.82, 2.24) is 10.9 Å². The Morgan fingerprint density at radius 2 is 1.68 bits per heavy atom. The van der Waals surface area contributed by atoms with E-state index in [1.54, 1.807) is 0 Å². The normalized spacial score (nSPS) is 43.1. The van der Waals surface area contributed by atoms with Crippen LogP contribution in [-0.4, -0.2) is 11.8 Å². The van der Waals surface area contributed by atoms with E-state index in [0.717, 1.165) is 32.1 Å². The maximum Gasteiger partial charge on any atom is 0.240 e. The molecule has 0 heterocycles. The lowest BCUT2D eigenvalue weighted by molar-refractivity contribution is -0.161. The van der Waals surface area contributed by atoms with Crippen molar-refractivity contribution in [3.05, 3.63) is 0 Å². The Kier molecular flexibility index (Phi) is 2.83. The third-order valence-electron chi connectivity index (χ3n) is 5.49. The molecule has 0 radical (unpaired) electrons. The summed E-state index contributed by atoms with van der Waals surface area (Å²) in [5, 5.41) is 0. The first kappa shape index (κ1) is 12.9. The van der Waals surface area contributed by atoms with E-state index in [1.165, 1.54) is 6.42 Å². The average Bonchev–Trinajstić information content (AvgIpc) is 2.35. The first-order valence-corrected chi connectivity index (χ1v) is 7.01. The number of hydrogen-bond acceptors (Lipinski definition) is 4. The van der Waals surface area contributed by atoms with Crippen molar-refractivity contribution in [2.24, 2.45) is 34.4 Å². The molecule has 6 heteroatoms. The standard InChI is InChI=1S/C13H22N4O2/c14-16-10(18)6-12-2-8-1-9(3-12)5-13(4-8,7-12)11(19)17-15/h8-9H,1-7,14-15H2,(H,16,18)(H,17,19)/t8-,9+,12?,13?. The summed E-state index contributed by atoms with van der Waals surface area (Å²) in [4.78, 5) is 23.9. The van der Waals surface area contributed by atoms with Crippen molar-refractivity contribution < 1.29 is 9.59 Å². The second-order valence-corrected chi connectivity index (χ2v) is 6.96. The second-order valence-electron chi connectivity index (χ2n) is 6.96. The third-order valence-corrected chi connectivity index (χ3v) is 5.49. The largest absolute Gasteiger partial charge is 0.294 e. The summed E-state index contributed by atoms with van der Waals surface area (Å²) in [6.45, 7) is 0. The minimum absolute atomic E-state index is 0.0416. The van der Waals surface area contributed by atoms with Gasteiger partial charge in [0.2, 0.25) is 11.8 Å². The molecule has 0 aliphatic heterocycles. The highest BCUT2D eigenvalue weighted by atomic mass is 16.2. The summed E-state index contributed by atoms with van der Waals surface area (Å²) in [6.07, 6.45) is 6.38. The van der Waals surface area contributed by atoms with Gasteiger partial charge in [0.1, 0.15) is 0 Å². The first-order chi connectivity index (χ1) is 9.01. The van der Waals surface area contributed by atoms with Crippen molar-refractivity contribution in [3.8, 4) is 0 Å². The van der Waals surface area contributed by atoms with Gasteiger partial charge >= 0.3 is 0 Å². The number of hydrazine groups is 2. The van der Waals surface area contributed by atoms with Crippen molar-refractivity contribution >= 4 is 11.8 Å². The number of carbonyl (C=O) groups excluding carboxylic acids is 2. The van der Waals surface area contributed by atoms with E-state index in [0.29, 0.717) is 18.3 Å². The molecule has 4 fully saturated rings. The molecule has 0 spiro atoms. The van der Waals surface area contributed by atoms with Gasteiger partial charge in [0, 0.05) is 6.42 Å². The van der Waals surface area contributed by atoms with Crippen LogP contribution in [0.3, 0.4) is 0 Å². The molecule has 6 N–H and O–H groups in total. The van der Waals surface area contributed by atoms with Crippen LogP contribution < -0.4 is 22.5 Å². The molecule has 2 unspecified atom stereocenters. The first-order valence-electron chi connectivity index (χ1n) is 7.01. The molecule has 19 heavy (non-hydrogen) atoms. The fourth-order valence-electron chi connectivity index (χ4n) is 5.47. The minimum Gasteiger partial charge on any atom is -0.294 e. The molecule has 0 aromatic heterocycles. The van der Waals surface area contributed by atoms with Crippen LogP contribution in [0.2, 0.25) is 0 Å². The predicted molar refractivity (Wildman–Crippen MR) is 68.8 cm³/mol. The van der Waals surface area contributed by atoms with Crippen LogP contribution in [0.5, 0.6) is 0 Å². The van der Waals surface area contributed by atoms with Crippen LogP contribution in [-0.2, 0) is 9.59 Å². The van der Waals surface area contributed by atoms with Crippen molar-refractivity contribution in [2.75, 3.05) is 0 Å². The lowest BCUT2D eigenvalue weighted by Crippen LogP contribution is -2.59. The molecule has 0 aromatic carbocycles. The Bertz CT molecular complexity index is 409. The summed E-state index contributed by atoms with van der Waals surface area (Å²) >= 11 is 0. The Morgan fingerprint density at radius 3 is 2.21 bits per heavy atom. The highest BCUT2D eigenvalue weighted by molar-refractivity contribution is 5.83. The zero-order chi connectivity index (χ0) is 13.7. The number of nitrogens with two attached hydrogens (primary N) is 2. The summed E-state index contributed by atoms with van der Waals surface area (Å²) in [5.41, 5.74) is 4.19. The van der Waals surface area contributed by atoms with Crippen LogP contribution >= 0.6 is 0 Å². The molecule has 0 saturated heterocycles. The maximum absolute atomic E-state index is 12.2. The topological polar surface area (TPSA) is 110 Å². The van der Waals surface area contributed by atoms with E-state index in [-0.39, 0.29) is 22.6 Å². The monoisotopic (exact) mass is 266 g/mol. The highest BCUT2D eigenvalue weighted by Crippen LogP contribution is 2.66. The SMILES string of the molecule is NNC(=O)CC12C[C@H]3C[C@@H](C1)CC(C(=O)NN)(C3)C2. The second kappa shape index (κ2) is 4.18. The quantitative estimate of drug-likeness (QED) is 0.326. The Morgan fingerprint density at radius 1 is 1.05 bits per heavy atom. The Labute approximate surface area is 112 Å². The molecule has 4 aliphatic rings. The van der Waals surface area contributed by atoms with Crippen LogP contribution in [0.15, 0.2) is 0 Å². The van der Waals surface area contributed by atoms with Gasteiger partial charge in [0.05, 0.1) is 5.41 Å². The molecule has 6 nitrogen and oxygen atoms in total. The Hall–Kier alpha value is -1.14. The molecule has 4 atom stereocenters. The summed E-state index contributed by atoms with van der Waals surface area (Å²) in [5.74, 6) is 11.5. The summed E-state index contributed by atoms with van der Waals surface area (Å²) in [6, 6.07) is 0. The maximum atomic E-state index is 12.2. The van der Waals surface area contributed by atoms with E-state index in [2.05, 4.69) is 10.9 Å². The summed E-state index contributed by atoms with van der Waals surface area (Å²) in [7, 11) is 0. The predicted octanol–water partition coefficient (Wildman–Crippen LogP) is -0.0571.